The number of fused-ring (bicyclic) bond motifs is 1. The summed E-state index contributed by atoms with van der Waals surface area (Å²) in [6.07, 6.45) is -2.52. The highest BCUT2D eigenvalue weighted by molar-refractivity contribution is 5.87. The van der Waals surface area contributed by atoms with Crippen LogP contribution in [0.1, 0.15) is 36.9 Å². The molecular weight excluding hydrogens is 317 g/mol. The van der Waals surface area contributed by atoms with Crippen LogP contribution >= 0.6 is 0 Å². The van der Waals surface area contributed by atoms with Gasteiger partial charge in [0.05, 0.1) is 0 Å². The molecule has 1 heterocycles. The number of hydrogen-bond acceptors (Lipinski definition) is 2. The Morgan fingerprint density at radius 1 is 1.25 bits per heavy atom. The maximum Gasteiger partial charge on any atom is 0.409 e. The number of benzene rings is 2. The molecule has 3 nitrogen and oxygen atoms in total. The Morgan fingerprint density at radius 2 is 2.04 bits per heavy atom. The number of rotatable bonds is 4. The third kappa shape index (κ3) is 3.24. The average molecular weight is 336 g/mol. The van der Waals surface area contributed by atoms with Crippen molar-refractivity contribution in [3.8, 4) is 0 Å². The Morgan fingerprint density at radius 3 is 2.67 bits per heavy atom. The highest BCUT2D eigenvalue weighted by Gasteiger charge is 2.47. The first-order valence-corrected chi connectivity index (χ1v) is 8.04. The first-order chi connectivity index (χ1) is 11.4. The van der Waals surface area contributed by atoms with E-state index in [0.29, 0.717) is 5.39 Å². The molecule has 2 aromatic carbocycles. The maximum atomic E-state index is 13.7. The van der Waals surface area contributed by atoms with Gasteiger partial charge in [0.1, 0.15) is 0 Å². The van der Waals surface area contributed by atoms with E-state index in [9.17, 15) is 18.0 Å². The molecule has 0 aliphatic carbocycles. The van der Waals surface area contributed by atoms with E-state index in [4.69, 9.17) is 0 Å². The van der Waals surface area contributed by atoms with Crippen LogP contribution in [0.2, 0.25) is 0 Å². The van der Waals surface area contributed by atoms with Gasteiger partial charge in [-0.15, -0.1) is 0 Å². The van der Waals surface area contributed by atoms with Crippen LogP contribution < -0.4 is 5.43 Å². The largest absolute Gasteiger partial charge is 0.409 e. The zero-order valence-electron chi connectivity index (χ0n) is 13.4. The zero-order valence-corrected chi connectivity index (χ0v) is 13.4. The second-order valence-electron chi connectivity index (χ2n) is 6.08. The van der Waals surface area contributed by atoms with Crippen LogP contribution in [0, 0.1) is 0 Å². The van der Waals surface area contributed by atoms with Crippen LogP contribution in [0.4, 0.5) is 13.2 Å². The highest BCUT2D eigenvalue weighted by atomic mass is 19.4. The van der Waals surface area contributed by atoms with E-state index in [1.807, 2.05) is 18.2 Å². The van der Waals surface area contributed by atoms with E-state index in [0.717, 1.165) is 28.8 Å². The molecule has 0 bridgehead atoms. The maximum absolute atomic E-state index is 13.7. The first-order valence-electron chi connectivity index (χ1n) is 8.04. The normalized spacial score (nSPS) is 17.2. The van der Waals surface area contributed by atoms with Gasteiger partial charge in [0.2, 0.25) is 5.91 Å². The summed E-state index contributed by atoms with van der Waals surface area (Å²) in [6, 6.07) is 8.70. The van der Waals surface area contributed by atoms with Crippen molar-refractivity contribution in [3.63, 3.8) is 0 Å². The summed E-state index contributed by atoms with van der Waals surface area (Å²) < 4.78 is 41.2. The number of hydrogen-bond donors (Lipinski definition) is 1. The van der Waals surface area contributed by atoms with Gasteiger partial charge in [-0.3, -0.25) is 10.2 Å². The van der Waals surface area contributed by atoms with E-state index >= 15 is 0 Å². The molecule has 2 aromatic rings. The van der Waals surface area contributed by atoms with Crippen molar-refractivity contribution in [2.45, 2.75) is 38.4 Å². The molecule has 1 aliphatic rings. The molecule has 0 spiro atoms. The first kappa shape index (κ1) is 16.8. The molecular formula is C18H19F3N2O. The second-order valence-corrected chi connectivity index (χ2v) is 6.08. The van der Waals surface area contributed by atoms with Crippen LogP contribution in [0.15, 0.2) is 36.4 Å². The van der Waals surface area contributed by atoms with Gasteiger partial charge in [-0.25, -0.2) is 5.01 Å². The molecule has 1 fully saturated rings. The second kappa shape index (κ2) is 6.43. The van der Waals surface area contributed by atoms with E-state index in [2.05, 4.69) is 12.3 Å². The lowest BCUT2D eigenvalue weighted by molar-refractivity contribution is -0.190. The Balaban J connectivity index is 2.09. The van der Waals surface area contributed by atoms with Gasteiger partial charge in [-0.2, -0.15) is 13.2 Å². The number of amides is 1. The summed E-state index contributed by atoms with van der Waals surface area (Å²) in [5, 5.41) is 2.36. The monoisotopic (exact) mass is 336 g/mol. The SMILES string of the molecule is CCCc1ccc2c([C@H](N3CCC(=O)N3)C(F)(F)F)cccc2c1. The summed E-state index contributed by atoms with van der Waals surface area (Å²) in [4.78, 5) is 11.4. The van der Waals surface area contributed by atoms with Crippen LogP contribution in [-0.2, 0) is 11.2 Å². The molecule has 0 saturated carbocycles. The van der Waals surface area contributed by atoms with Crippen molar-refractivity contribution >= 4 is 16.7 Å². The fourth-order valence-corrected chi connectivity index (χ4v) is 3.25. The molecule has 1 saturated heterocycles. The number of carbonyl (C=O) groups excluding carboxylic acids is 1. The van der Waals surface area contributed by atoms with Crippen molar-refractivity contribution in [1.82, 2.24) is 10.4 Å². The van der Waals surface area contributed by atoms with Crippen LogP contribution in [0.25, 0.3) is 10.8 Å². The van der Waals surface area contributed by atoms with Crippen molar-refractivity contribution in [1.29, 1.82) is 0 Å². The van der Waals surface area contributed by atoms with E-state index in [-0.39, 0.29) is 24.4 Å². The van der Waals surface area contributed by atoms with E-state index < -0.39 is 12.2 Å². The van der Waals surface area contributed by atoms with Gasteiger partial charge in [0, 0.05) is 13.0 Å². The lowest BCUT2D eigenvalue weighted by atomic mass is 9.95. The minimum atomic E-state index is -4.48. The lowest BCUT2D eigenvalue weighted by Crippen LogP contribution is -2.43. The Bertz CT molecular complexity index is 758. The van der Waals surface area contributed by atoms with Gasteiger partial charge in [0.25, 0.3) is 0 Å². The fraction of sp³-hybridized carbons (Fsp3) is 0.389. The number of alkyl halides is 3. The molecule has 1 atom stereocenters. The highest BCUT2D eigenvalue weighted by Crippen LogP contribution is 2.40. The Hall–Kier alpha value is -2.08. The van der Waals surface area contributed by atoms with Gasteiger partial charge < -0.3 is 0 Å². The summed E-state index contributed by atoms with van der Waals surface area (Å²) in [5.41, 5.74) is 3.61. The minimum absolute atomic E-state index is 0.0489. The quantitative estimate of drug-likeness (QED) is 0.910. The van der Waals surface area contributed by atoms with Crippen LogP contribution in [0.3, 0.4) is 0 Å². The summed E-state index contributed by atoms with van der Waals surface area (Å²) in [7, 11) is 0. The molecule has 24 heavy (non-hydrogen) atoms. The molecule has 3 rings (SSSR count). The molecule has 0 aromatic heterocycles. The average Bonchev–Trinajstić information content (AvgIpc) is 2.92. The standard InChI is InChI=1S/C18H19F3N2O/c1-2-4-12-7-8-14-13(11-12)5-3-6-15(14)17(18(19,20)21)23-10-9-16(24)22-23/h3,5-8,11,17H,2,4,9-10H2,1H3,(H,22,24)/t17-/m0/s1. The van der Waals surface area contributed by atoms with Gasteiger partial charge in [-0.05, 0) is 28.3 Å². The van der Waals surface area contributed by atoms with Crippen LogP contribution in [-0.4, -0.2) is 23.6 Å². The number of nitrogens with one attached hydrogen (secondary N) is 1. The summed E-state index contributed by atoms with van der Waals surface area (Å²) in [5.74, 6) is -0.380. The van der Waals surface area contributed by atoms with Crippen molar-refractivity contribution < 1.29 is 18.0 Å². The van der Waals surface area contributed by atoms with Gasteiger partial charge in [-0.1, -0.05) is 49.7 Å². The zero-order chi connectivity index (χ0) is 17.3. The smallest absolute Gasteiger partial charge is 0.288 e. The Kier molecular flexibility index (Phi) is 4.49. The minimum Gasteiger partial charge on any atom is -0.288 e. The van der Waals surface area contributed by atoms with Gasteiger partial charge >= 0.3 is 6.18 Å². The predicted molar refractivity (Wildman–Crippen MR) is 86.2 cm³/mol. The lowest BCUT2D eigenvalue weighted by Gasteiger charge is -2.30. The van der Waals surface area contributed by atoms with Crippen LogP contribution in [0.5, 0.6) is 0 Å². The van der Waals surface area contributed by atoms with Crippen molar-refractivity contribution in [2.24, 2.45) is 0 Å². The number of hydrazine groups is 1. The summed E-state index contributed by atoms with van der Waals surface area (Å²) >= 11 is 0. The topological polar surface area (TPSA) is 32.3 Å². The predicted octanol–water partition coefficient (Wildman–Crippen LogP) is 4.13. The summed E-state index contributed by atoms with van der Waals surface area (Å²) in [6.45, 7) is 2.11. The molecule has 6 heteroatoms. The molecule has 1 amide bonds. The molecule has 1 N–H and O–H groups in total. The van der Waals surface area contributed by atoms with Crippen molar-refractivity contribution in [3.05, 3.63) is 47.5 Å². The van der Waals surface area contributed by atoms with Crippen molar-refractivity contribution in [2.75, 3.05) is 6.54 Å². The molecule has 0 radical (unpaired) electrons. The van der Waals surface area contributed by atoms with E-state index in [1.165, 1.54) is 6.07 Å². The molecule has 1 aliphatic heterocycles. The Labute approximate surface area is 138 Å². The number of carbonyl (C=O) groups is 1. The molecule has 0 unspecified atom stereocenters. The number of nitrogens with zero attached hydrogens (tertiary/aromatic N) is 1. The third-order valence-electron chi connectivity index (χ3n) is 4.28. The fourth-order valence-electron chi connectivity index (χ4n) is 3.25. The van der Waals surface area contributed by atoms with E-state index in [1.54, 1.807) is 12.1 Å². The molecule has 128 valence electrons. The number of halogens is 3. The number of aryl methyl sites for hydroxylation is 1. The third-order valence-corrected chi connectivity index (χ3v) is 4.28. The van der Waals surface area contributed by atoms with Gasteiger partial charge in [0.15, 0.2) is 6.04 Å².